The molecule has 0 aliphatic rings. The molecule has 0 bridgehead atoms. The van der Waals surface area contributed by atoms with Gasteiger partial charge < -0.3 is 10.4 Å². The number of aromatic nitrogens is 1. The Morgan fingerprint density at radius 1 is 1.08 bits per heavy atom. The summed E-state index contributed by atoms with van der Waals surface area (Å²) in [5.74, 6) is -0.290. The average molecular weight is 352 g/mol. The number of aryl methyl sites for hydroxylation is 1. The van der Waals surface area contributed by atoms with Gasteiger partial charge in [-0.3, -0.25) is 4.79 Å². The van der Waals surface area contributed by atoms with E-state index in [1.807, 2.05) is 67.6 Å². The Morgan fingerprint density at radius 3 is 2.04 bits per heavy atom. The van der Waals surface area contributed by atoms with Crippen molar-refractivity contribution in [2.75, 3.05) is 0 Å². The van der Waals surface area contributed by atoms with E-state index in [0.717, 1.165) is 16.1 Å². The highest BCUT2D eigenvalue weighted by molar-refractivity contribution is 7.09. The fraction of sp³-hybridized carbons (Fsp3) is 0.200. The zero-order chi connectivity index (χ0) is 17.9. The second kappa shape index (κ2) is 7.17. The second-order valence-electron chi connectivity index (χ2n) is 5.95. The summed E-state index contributed by atoms with van der Waals surface area (Å²) in [6, 6.07) is 18.2. The van der Waals surface area contributed by atoms with E-state index < -0.39 is 11.6 Å². The van der Waals surface area contributed by atoms with E-state index in [2.05, 4.69) is 10.3 Å². The molecule has 3 rings (SSSR count). The monoisotopic (exact) mass is 352 g/mol. The van der Waals surface area contributed by atoms with Gasteiger partial charge in [-0.15, -0.1) is 11.3 Å². The van der Waals surface area contributed by atoms with Crippen LogP contribution in [0.3, 0.4) is 0 Å². The van der Waals surface area contributed by atoms with Crippen molar-refractivity contribution in [1.82, 2.24) is 10.3 Å². The summed E-state index contributed by atoms with van der Waals surface area (Å²) in [6.45, 7) is 3.66. The molecule has 2 N–H and O–H groups in total. The van der Waals surface area contributed by atoms with Crippen molar-refractivity contribution < 1.29 is 9.90 Å². The predicted molar refractivity (Wildman–Crippen MR) is 99.7 cm³/mol. The maximum absolute atomic E-state index is 12.5. The van der Waals surface area contributed by atoms with E-state index >= 15 is 0 Å². The zero-order valence-corrected chi connectivity index (χ0v) is 15.0. The number of thiazole rings is 1. The van der Waals surface area contributed by atoms with Gasteiger partial charge in [-0.25, -0.2) is 4.98 Å². The van der Waals surface area contributed by atoms with Gasteiger partial charge in [0.1, 0.15) is 11.3 Å². The highest BCUT2D eigenvalue weighted by atomic mass is 32.1. The van der Waals surface area contributed by atoms with Crippen LogP contribution in [0.2, 0.25) is 0 Å². The zero-order valence-electron chi connectivity index (χ0n) is 14.1. The lowest BCUT2D eigenvalue weighted by Gasteiger charge is -2.35. The minimum Gasteiger partial charge on any atom is -0.378 e. The van der Waals surface area contributed by atoms with Crippen molar-refractivity contribution in [2.24, 2.45) is 0 Å². The smallest absolute Gasteiger partial charge is 0.271 e. The molecule has 0 saturated carbocycles. The average Bonchev–Trinajstić information content (AvgIpc) is 3.09. The minimum atomic E-state index is -1.34. The topological polar surface area (TPSA) is 62.2 Å². The molecule has 0 radical (unpaired) electrons. The largest absolute Gasteiger partial charge is 0.378 e. The number of nitrogens with one attached hydrogen (secondary N) is 1. The molecule has 0 unspecified atom stereocenters. The molecule has 3 aromatic rings. The molecule has 4 nitrogen and oxygen atoms in total. The van der Waals surface area contributed by atoms with Gasteiger partial charge in [0.05, 0.1) is 11.0 Å². The molecule has 1 heterocycles. The van der Waals surface area contributed by atoms with Gasteiger partial charge in [0.25, 0.3) is 5.91 Å². The SMILES string of the molecule is Cc1nc(C(=O)N[C@@H](C)C(O)(c2ccccc2)c2ccccc2)cs1. The first kappa shape index (κ1) is 17.3. The first-order valence-electron chi connectivity index (χ1n) is 8.08. The van der Waals surface area contributed by atoms with Gasteiger partial charge in [0, 0.05) is 5.38 Å². The van der Waals surface area contributed by atoms with E-state index in [1.165, 1.54) is 11.3 Å². The van der Waals surface area contributed by atoms with Gasteiger partial charge in [-0.2, -0.15) is 0 Å². The Balaban J connectivity index is 1.96. The Morgan fingerprint density at radius 2 is 1.60 bits per heavy atom. The number of nitrogens with zero attached hydrogens (tertiary/aromatic N) is 1. The van der Waals surface area contributed by atoms with E-state index in [-0.39, 0.29) is 5.91 Å². The molecule has 128 valence electrons. The van der Waals surface area contributed by atoms with Crippen molar-refractivity contribution in [1.29, 1.82) is 0 Å². The third-order valence-electron chi connectivity index (χ3n) is 4.25. The molecular weight excluding hydrogens is 332 g/mol. The van der Waals surface area contributed by atoms with Crippen molar-refractivity contribution in [3.63, 3.8) is 0 Å². The standard InChI is InChI=1S/C20H20N2O2S/c1-14(21-19(23)18-13-25-15(2)22-18)20(24,16-9-5-3-6-10-16)17-11-7-4-8-12-17/h3-14,24H,1-2H3,(H,21,23)/t14-/m0/s1. The van der Waals surface area contributed by atoms with Crippen LogP contribution in [0.1, 0.15) is 33.5 Å². The summed E-state index contributed by atoms with van der Waals surface area (Å²) in [7, 11) is 0. The van der Waals surface area contributed by atoms with Crippen LogP contribution in [0.4, 0.5) is 0 Å². The maximum atomic E-state index is 12.5. The van der Waals surface area contributed by atoms with Gasteiger partial charge in [-0.1, -0.05) is 60.7 Å². The minimum absolute atomic E-state index is 0.290. The highest BCUT2D eigenvalue weighted by Gasteiger charge is 2.38. The summed E-state index contributed by atoms with van der Waals surface area (Å²) in [4.78, 5) is 16.7. The van der Waals surface area contributed by atoms with E-state index in [9.17, 15) is 9.90 Å². The second-order valence-corrected chi connectivity index (χ2v) is 7.01. The molecule has 5 heteroatoms. The van der Waals surface area contributed by atoms with Crippen molar-refractivity contribution in [3.8, 4) is 0 Å². The van der Waals surface area contributed by atoms with Crippen molar-refractivity contribution >= 4 is 17.2 Å². The number of hydrogen-bond donors (Lipinski definition) is 2. The van der Waals surface area contributed by atoms with Crippen LogP contribution in [0.15, 0.2) is 66.0 Å². The van der Waals surface area contributed by atoms with Crippen LogP contribution in [-0.4, -0.2) is 22.0 Å². The first-order valence-corrected chi connectivity index (χ1v) is 8.96. The van der Waals surface area contributed by atoms with Crippen LogP contribution in [-0.2, 0) is 5.60 Å². The van der Waals surface area contributed by atoms with Gasteiger partial charge in [0.2, 0.25) is 0 Å². The third-order valence-corrected chi connectivity index (χ3v) is 5.03. The molecule has 2 aromatic carbocycles. The molecule has 1 atom stereocenters. The number of carbonyl (C=O) groups excluding carboxylic acids is 1. The fourth-order valence-electron chi connectivity index (χ4n) is 2.89. The Bertz CT molecular complexity index is 807. The lowest BCUT2D eigenvalue weighted by Crippen LogP contribution is -2.49. The first-order chi connectivity index (χ1) is 12.0. The normalized spacial score (nSPS) is 12.6. The van der Waals surface area contributed by atoms with E-state index in [0.29, 0.717) is 5.69 Å². The van der Waals surface area contributed by atoms with Gasteiger partial charge >= 0.3 is 0 Å². The van der Waals surface area contributed by atoms with Gasteiger partial charge in [-0.05, 0) is 25.0 Å². The molecule has 0 spiro atoms. The molecule has 0 saturated heterocycles. The fourth-order valence-corrected chi connectivity index (χ4v) is 3.49. The predicted octanol–water partition coefficient (Wildman–Crippen LogP) is 3.51. The molecule has 1 aromatic heterocycles. The van der Waals surface area contributed by atoms with Gasteiger partial charge in [0.15, 0.2) is 0 Å². The molecule has 0 aliphatic carbocycles. The summed E-state index contributed by atoms with van der Waals surface area (Å²) >= 11 is 1.43. The summed E-state index contributed by atoms with van der Waals surface area (Å²) in [5, 5.41) is 17.0. The Labute approximate surface area is 151 Å². The van der Waals surface area contributed by atoms with E-state index in [4.69, 9.17) is 0 Å². The molecule has 0 fully saturated rings. The molecule has 25 heavy (non-hydrogen) atoms. The van der Waals surface area contributed by atoms with Crippen LogP contribution >= 0.6 is 11.3 Å². The lowest BCUT2D eigenvalue weighted by atomic mass is 9.81. The lowest BCUT2D eigenvalue weighted by molar-refractivity contribution is 0.0403. The summed E-state index contributed by atoms with van der Waals surface area (Å²) < 4.78 is 0. The maximum Gasteiger partial charge on any atom is 0.271 e. The summed E-state index contributed by atoms with van der Waals surface area (Å²) in [5.41, 5.74) is 0.480. The highest BCUT2D eigenvalue weighted by Crippen LogP contribution is 2.33. The molecular formula is C20H20N2O2S. The Kier molecular flexibility index (Phi) is 4.97. The van der Waals surface area contributed by atoms with Crippen LogP contribution in [0, 0.1) is 6.92 Å². The number of amides is 1. The number of carbonyl (C=O) groups is 1. The quantitative estimate of drug-likeness (QED) is 0.739. The number of hydrogen-bond acceptors (Lipinski definition) is 4. The van der Waals surface area contributed by atoms with Crippen LogP contribution in [0.5, 0.6) is 0 Å². The Hall–Kier alpha value is -2.50. The summed E-state index contributed by atoms with van der Waals surface area (Å²) in [6.07, 6.45) is 0. The van der Waals surface area contributed by atoms with E-state index in [1.54, 1.807) is 12.3 Å². The van der Waals surface area contributed by atoms with Crippen molar-refractivity contribution in [2.45, 2.75) is 25.5 Å². The number of benzene rings is 2. The van der Waals surface area contributed by atoms with Crippen molar-refractivity contribution in [3.05, 3.63) is 87.9 Å². The molecule has 0 aliphatic heterocycles. The number of rotatable bonds is 5. The van der Waals surface area contributed by atoms with Crippen LogP contribution < -0.4 is 5.32 Å². The van der Waals surface area contributed by atoms with Crippen LogP contribution in [0.25, 0.3) is 0 Å². The third kappa shape index (κ3) is 3.48. The molecule has 1 amide bonds. The number of aliphatic hydroxyl groups is 1.